The zero-order chi connectivity index (χ0) is 23.2. The van der Waals surface area contributed by atoms with Gasteiger partial charge in [-0.1, -0.05) is 95.7 Å². The van der Waals surface area contributed by atoms with Crippen LogP contribution in [0, 0.1) is 0 Å². The summed E-state index contributed by atoms with van der Waals surface area (Å²) < 4.78 is 25.2. The van der Waals surface area contributed by atoms with Gasteiger partial charge in [0, 0.05) is 15.4 Å². The molecule has 0 bridgehead atoms. The van der Waals surface area contributed by atoms with Crippen molar-refractivity contribution in [1.29, 1.82) is 0 Å². The molecule has 0 spiro atoms. The Kier molecular flexibility index (Phi) is 7.46. The fourth-order valence-electron chi connectivity index (χ4n) is 4.21. The smallest absolute Gasteiger partial charge is 0.184 e. The largest absolute Gasteiger partial charge is 0.370 e. The Morgan fingerprint density at radius 2 is 1.59 bits per heavy atom. The van der Waals surface area contributed by atoms with Gasteiger partial charge in [-0.25, -0.2) is 0 Å². The third-order valence-corrected chi connectivity index (χ3v) is 7.01. The summed E-state index contributed by atoms with van der Waals surface area (Å²) in [6, 6.07) is 29.0. The standard InChI is InChI=1S/C26H25N3O4S/c27-29-28-22-24(30-16-18-10-4-1-5-11-18)23-21(32-26(22)34-20-14-8-3-9-15-20)17-31-25(33-23)19-12-6-2-7-13-19/h1-15,21-26H,16-17H2/t21-,22-,23-,24-,25?,26+/m1/s1. The van der Waals surface area contributed by atoms with Gasteiger partial charge in [0.05, 0.1) is 19.3 Å². The maximum Gasteiger partial charge on any atom is 0.184 e. The van der Waals surface area contributed by atoms with E-state index < -0.39 is 30.0 Å². The minimum Gasteiger partial charge on any atom is -0.370 e. The molecule has 0 aromatic heterocycles. The first kappa shape index (κ1) is 22.9. The zero-order valence-corrected chi connectivity index (χ0v) is 19.2. The van der Waals surface area contributed by atoms with Crippen molar-refractivity contribution in [1.82, 2.24) is 0 Å². The number of azide groups is 1. The van der Waals surface area contributed by atoms with Gasteiger partial charge in [0.15, 0.2) is 6.29 Å². The lowest BCUT2D eigenvalue weighted by Crippen LogP contribution is -2.61. The van der Waals surface area contributed by atoms with Gasteiger partial charge in [-0.3, -0.25) is 0 Å². The number of nitrogens with zero attached hydrogens (tertiary/aromatic N) is 3. The number of hydrogen-bond acceptors (Lipinski definition) is 6. The Bertz CT molecular complexity index is 1100. The highest BCUT2D eigenvalue weighted by molar-refractivity contribution is 7.99. The molecule has 5 rings (SSSR count). The van der Waals surface area contributed by atoms with Crippen molar-refractivity contribution in [2.24, 2.45) is 5.11 Å². The SMILES string of the molecule is [N-]=[N+]=N[C@@H]1[C@@H](OCc2ccccc2)[C@@H]2OC(c3ccccc3)OC[C@H]2O[C@H]1Sc1ccccc1. The Balaban J connectivity index is 1.43. The molecule has 8 heteroatoms. The molecule has 2 fully saturated rings. The summed E-state index contributed by atoms with van der Waals surface area (Å²) in [5.41, 5.74) is 10.9. The first-order chi connectivity index (χ1) is 16.8. The van der Waals surface area contributed by atoms with Crippen LogP contribution in [0.15, 0.2) is 101 Å². The van der Waals surface area contributed by atoms with Crippen LogP contribution in [0.4, 0.5) is 0 Å². The van der Waals surface area contributed by atoms with Gasteiger partial charge in [0.25, 0.3) is 0 Å². The minimum atomic E-state index is -0.588. The van der Waals surface area contributed by atoms with Crippen LogP contribution >= 0.6 is 11.8 Å². The van der Waals surface area contributed by atoms with E-state index in [4.69, 9.17) is 18.9 Å². The van der Waals surface area contributed by atoms with Crippen molar-refractivity contribution in [3.8, 4) is 0 Å². The Morgan fingerprint density at radius 1 is 0.912 bits per heavy atom. The maximum atomic E-state index is 9.40. The maximum absolute atomic E-state index is 9.40. The van der Waals surface area contributed by atoms with E-state index in [1.54, 1.807) is 0 Å². The fraction of sp³-hybridized carbons (Fsp3) is 0.308. The lowest BCUT2D eigenvalue weighted by molar-refractivity contribution is -0.311. The van der Waals surface area contributed by atoms with Crippen LogP contribution in [-0.4, -0.2) is 36.4 Å². The van der Waals surface area contributed by atoms with Crippen LogP contribution in [-0.2, 0) is 25.6 Å². The van der Waals surface area contributed by atoms with Crippen molar-refractivity contribution in [2.45, 2.75) is 47.6 Å². The number of rotatable bonds is 7. The van der Waals surface area contributed by atoms with Crippen molar-refractivity contribution < 1.29 is 18.9 Å². The predicted octanol–water partition coefficient (Wildman–Crippen LogP) is 5.88. The highest BCUT2D eigenvalue weighted by atomic mass is 32.2. The third-order valence-electron chi connectivity index (χ3n) is 5.84. The molecule has 174 valence electrons. The molecule has 1 unspecified atom stereocenters. The van der Waals surface area contributed by atoms with E-state index in [0.717, 1.165) is 16.0 Å². The Hall–Kier alpha value is -2.84. The molecule has 2 saturated heterocycles. The van der Waals surface area contributed by atoms with Crippen LogP contribution in [0.1, 0.15) is 17.4 Å². The predicted molar refractivity (Wildman–Crippen MR) is 129 cm³/mol. The number of fused-ring (bicyclic) bond motifs is 1. The third kappa shape index (κ3) is 5.28. The molecule has 0 N–H and O–H groups in total. The Morgan fingerprint density at radius 3 is 2.29 bits per heavy atom. The second kappa shape index (κ2) is 11.1. The molecule has 0 radical (unpaired) electrons. The average Bonchev–Trinajstić information content (AvgIpc) is 2.90. The number of ether oxygens (including phenoxy) is 4. The van der Waals surface area contributed by atoms with Crippen LogP contribution in [0.25, 0.3) is 10.4 Å². The molecule has 34 heavy (non-hydrogen) atoms. The van der Waals surface area contributed by atoms with E-state index >= 15 is 0 Å². The van der Waals surface area contributed by atoms with E-state index in [0.29, 0.717) is 13.2 Å². The summed E-state index contributed by atoms with van der Waals surface area (Å²) in [7, 11) is 0. The lowest BCUT2D eigenvalue weighted by Gasteiger charge is -2.48. The molecule has 2 aliphatic heterocycles. The summed E-state index contributed by atoms with van der Waals surface area (Å²) in [6.45, 7) is 0.722. The van der Waals surface area contributed by atoms with Crippen molar-refractivity contribution in [3.05, 3.63) is 113 Å². The number of hydrogen-bond donors (Lipinski definition) is 0. The number of thioether (sulfide) groups is 1. The van der Waals surface area contributed by atoms with Crippen LogP contribution in [0.2, 0.25) is 0 Å². The topological polar surface area (TPSA) is 85.7 Å². The van der Waals surface area contributed by atoms with Gasteiger partial charge < -0.3 is 18.9 Å². The van der Waals surface area contributed by atoms with E-state index in [1.807, 2.05) is 91.0 Å². The van der Waals surface area contributed by atoms with Crippen molar-refractivity contribution in [3.63, 3.8) is 0 Å². The minimum absolute atomic E-state index is 0.351. The summed E-state index contributed by atoms with van der Waals surface area (Å²) in [5, 5.41) is 4.13. The van der Waals surface area contributed by atoms with E-state index in [2.05, 4.69) is 10.0 Å². The van der Waals surface area contributed by atoms with E-state index in [-0.39, 0.29) is 6.10 Å². The second-order valence-electron chi connectivity index (χ2n) is 8.11. The quantitative estimate of drug-likeness (QED) is 0.242. The molecule has 2 aliphatic rings. The Labute approximate surface area is 202 Å². The molecular weight excluding hydrogens is 450 g/mol. The fourth-order valence-corrected chi connectivity index (χ4v) is 5.34. The molecule has 6 atom stereocenters. The summed E-state index contributed by atoms with van der Waals surface area (Å²) in [4.78, 5) is 4.16. The monoisotopic (exact) mass is 475 g/mol. The molecule has 2 heterocycles. The second-order valence-corrected chi connectivity index (χ2v) is 9.28. The van der Waals surface area contributed by atoms with E-state index in [9.17, 15) is 5.53 Å². The van der Waals surface area contributed by atoms with Gasteiger partial charge in [0.1, 0.15) is 23.7 Å². The van der Waals surface area contributed by atoms with Crippen molar-refractivity contribution >= 4 is 11.8 Å². The molecule has 3 aromatic carbocycles. The van der Waals surface area contributed by atoms with E-state index in [1.165, 1.54) is 11.8 Å². The summed E-state index contributed by atoms with van der Waals surface area (Å²) in [6.07, 6.45) is -1.86. The van der Waals surface area contributed by atoms with Crippen LogP contribution in [0.5, 0.6) is 0 Å². The molecule has 7 nitrogen and oxygen atoms in total. The van der Waals surface area contributed by atoms with Crippen LogP contribution < -0.4 is 0 Å². The summed E-state index contributed by atoms with van der Waals surface area (Å²) in [5.74, 6) is 0. The molecule has 0 saturated carbocycles. The molecule has 0 amide bonds. The lowest BCUT2D eigenvalue weighted by atomic mass is 9.97. The van der Waals surface area contributed by atoms with Gasteiger partial charge in [0.2, 0.25) is 0 Å². The normalized spacial score (nSPS) is 28.5. The van der Waals surface area contributed by atoms with Gasteiger partial charge in [-0.2, -0.15) is 0 Å². The first-order valence-corrected chi connectivity index (χ1v) is 12.1. The molecular formula is C26H25N3O4S. The highest BCUT2D eigenvalue weighted by Crippen LogP contribution is 2.41. The highest BCUT2D eigenvalue weighted by Gasteiger charge is 2.50. The van der Waals surface area contributed by atoms with Gasteiger partial charge >= 0.3 is 0 Å². The van der Waals surface area contributed by atoms with Gasteiger partial charge in [-0.05, 0) is 23.2 Å². The number of benzene rings is 3. The van der Waals surface area contributed by atoms with Gasteiger partial charge in [-0.15, -0.1) is 0 Å². The molecule has 3 aromatic rings. The van der Waals surface area contributed by atoms with Crippen LogP contribution in [0.3, 0.4) is 0 Å². The zero-order valence-electron chi connectivity index (χ0n) is 18.4. The molecule has 0 aliphatic carbocycles. The first-order valence-electron chi connectivity index (χ1n) is 11.2. The average molecular weight is 476 g/mol. The summed E-state index contributed by atoms with van der Waals surface area (Å²) >= 11 is 1.51. The van der Waals surface area contributed by atoms with Crippen molar-refractivity contribution in [2.75, 3.05) is 6.61 Å².